The van der Waals surface area contributed by atoms with E-state index in [1.807, 2.05) is 19.1 Å². The zero-order chi connectivity index (χ0) is 27.0. The van der Waals surface area contributed by atoms with Crippen molar-refractivity contribution in [2.75, 3.05) is 0 Å². The molecule has 3 aromatic carbocycles. The molecule has 0 N–H and O–H groups in total. The Balaban J connectivity index is 1.47. The maximum absolute atomic E-state index is 14.0. The Hall–Kier alpha value is -3.07. The molecule has 0 amide bonds. The Morgan fingerprint density at radius 3 is 2.32 bits per heavy atom. The molecule has 0 saturated heterocycles. The van der Waals surface area contributed by atoms with Crippen LogP contribution in [0.1, 0.15) is 88.3 Å². The predicted molar refractivity (Wildman–Crippen MR) is 155 cm³/mol. The van der Waals surface area contributed by atoms with Gasteiger partial charge in [-0.25, -0.2) is 0 Å². The van der Waals surface area contributed by atoms with E-state index in [9.17, 15) is 14.4 Å². The summed E-state index contributed by atoms with van der Waals surface area (Å²) in [5.41, 5.74) is 3.00. The van der Waals surface area contributed by atoms with Gasteiger partial charge in [-0.15, -0.1) is 0 Å². The Morgan fingerprint density at radius 2 is 1.55 bits per heavy atom. The molecule has 1 saturated carbocycles. The molecule has 1 fully saturated rings. The van der Waals surface area contributed by atoms with Gasteiger partial charge in [0.05, 0.1) is 0 Å². The highest BCUT2D eigenvalue weighted by atomic mass is 16.1. The van der Waals surface area contributed by atoms with Gasteiger partial charge < -0.3 is 0 Å². The highest BCUT2D eigenvalue weighted by Gasteiger charge is 2.40. The smallest absolute Gasteiger partial charge is 0.139 e. The molecular weight excluding hydrogens is 468 g/mol. The van der Waals surface area contributed by atoms with E-state index >= 15 is 0 Å². The molecule has 200 valence electrons. The van der Waals surface area contributed by atoms with Gasteiger partial charge in [-0.05, 0) is 72.4 Å². The van der Waals surface area contributed by atoms with E-state index in [4.69, 9.17) is 0 Å². The molecule has 0 radical (unpaired) electrons. The van der Waals surface area contributed by atoms with Gasteiger partial charge in [0.1, 0.15) is 17.3 Å². The summed E-state index contributed by atoms with van der Waals surface area (Å²) in [4.78, 5) is 39.5. The lowest BCUT2D eigenvalue weighted by atomic mass is 9.71. The second-order valence-electron chi connectivity index (χ2n) is 11.2. The first-order valence-corrected chi connectivity index (χ1v) is 14.6. The van der Waals surface area contributed by atoms with E-state index in [0.717, 1.165) is 44.1 Å². The number of carbonyl (C=O) groups is 3. The minimum Gasteiger partial charge on any atom is -0.299 e. The van der Waals surface area contributed by atoms with Crippen molar-refractivity contribution >= 4 is 28.1 Å². The molecule has 0 aromatic heterocycles. The van der Waals surface area contributed by atoms with Crippen LogP contribution in [0.15, 0.2) is 66.7 Å². The fourth-order valence-corrected chi connectivity index (χ4v) is 6.30. The summed E-state index contributed by atoms with van der Waals surface area (Å²) in [6.45, 7) is 4.06. The van der Waals surface area contributed by atoms with Crippen LogP contribution in [0.4, 0.5) is 0 Å². The minimum atomic E-state index is -0.505. The summed E-state index contributed by atoms with van der Waals surface area (Å²) in [7, 11) is 0. The number of ketones is 3. The lowest BCUT2D eigenvalue weighted by Gasteiger charge is -2.32. The molecule has 2 unspecified atom stereocenters. The van der Waals surface area contributed by atoms with Crippen molar-refractivity contribution < 1.29 is 14.4 Å². The molecule has 0 heterocycles. The largest absolute Gasteiger partial charge is 0.299 e. The van der Waals surface area contributed by atoms with Crippen LogP contribution >= 0.6 is 0 Å². The van der Waals surface area contributed by atoms with E-state index in [0.29, 0.717) is 44.3 Å². The summed E-state index contributed by atoms with van der Waals surface area (Å²) in [5, 5.41) is 2.40. The van der Waals surface area contributed by atoms with Crippen molar-refractivity contribution in [2.45, 2.75) is 90.9 Å². The first-order valence-electron chi connectivity index (χ1n) is 14.6. The zero-order valence-corrected chi connectivity index (χ0v) is 23.1. The standard InChI is InChI=1S/C35H42O3/c1-3-26-14-16-27(17-15-26)25-31(36)21-24-35(22-8-12-30(20-23-35)33(37)4-2)34(38)19-18-29-11-7-10-28-9-5-6-13-32(28)29/h5-7,9-11,13-17,30H,3-4,8,12,18-25H2,1-2H3. The summed E-state index contributed by atoms with van der Waals surface area (Å²) in [6.07, 6.45) is 8.17. The maximum Gasteiger partial charge on any atom is 0.139 e. The van der Waals surface area contributed by atoms with Gasteiger partial charge in [-0.3, -0.25) is 14.4 Å². The van der Waals surface area contributed by atoms with Crippen molar-refractivity contribution in [1.29, 1.82) is 0 Å². The molecule has 1 aliphatic carbocycles. The summed E-state index contributed by atoms with van der Waals surface area (Å²) >= 11 is 0. The van der Waals surface area contributed by atoms with Crippen molar-refractivity contribution in [2.24, 2.45) is 11.3 Å². The third-order valence-corrected chi connectivity index (χ3v) is 8.79. The Labute approximate surface area is 228 Å². The van der Waals surface area contributed by atoms with Crippen LogP contribution < -0.4 is 0 Å². The summed E-state index contributed by atoms with van der Waals surface area (Å²) in [5.74, 6) is 0.840. The number of benzene rings is 3. The molecule has 0 bridgehead atoms. The topological polar surface area (TPSA) is 51.2 Å². The Bertz CT molecular complexity index is 1250. The molecule has 3 nitrogen and oxygen atoms in total. The van der Waals surface area contributed by atoms with E-state index < -0.39 is 5.41 Å². The second-order valence-corrected chi connectivity index (χ2v) is 11.2. The Morgan fingerprint density at radius 1 is 0.816 bits per heavy atom. The van der Waals surface area contributed by atoms with Gasteiger partial charge in [-0.1, -0.05) is 87.0 Å². The molecule has 1 aliphatic rings. The molecule has 0 aliphatic heterocycles. The van der Waals surface area contributed by atoms with Crippen LogP contribution in [0.2, 0.25) is 0 Å². The van der Waals surface area contributed by atoms with Crippen molar-refractivity contribution in [3.63, 3.8) is 0 Å². The van der Waals surface area contributed by atoms with E-state index in [2.05, 4.69) is 61.5 Å². The van der Waals surface area contributed by atoms with Crippen LogP contribution in [-0.2, 0) is 33.6 Å². The average molecular weight is 511 g/mol. The van der Waals surface area contributed by atoms with E-state index in [-0.39, 0.29) is 17.5 Å². The van der Waals surface area contributed by atoms with Crippen LogP contribution in [0.25, 0.3) is 10.8 Å². The SMILES string of the molecule is CCC(=O)C1CCCC(CCC(=O)Cc2ccc(CC)cc2)(C(=O)CCc2cccc3ccccc23)CC1. The molecule has 4 rings (SSSR count). The van der Waals surface area contributed by atoms with Crippen molar-refractivity contribution in [1.82, 2.24) is 0 Å². The second kappa shape index (κ2) is 13.1. The van der Waals surface area contributed by atoms with Crippen LogP contribution in [0.3, 0.4) is 0 Å². The fourth-order valence-electron chi connectivity index (χ4n) is 6.30. The fraction of sp³-hybridized carbons (Fsp3) is 0.457. The minimum absolute atomic E-state index is 0.0560. The molecule has 3 heteroatoms. The van der Waals surface area contributed by atoms with Gasteiger partial charge in [-0.2, -0.15) is 0 Å². The number of hydrogen-bond acceptors (Lipinski definition) is 3. The predicted octanol–water partition coefficient (Wildman–Crippen LogP) is 8.04. The third kappa shape index (κ3) is 6.87. The zero-order valence-electron chi connectivity index (χ0n) is 23.1. The first-order chi connectivity index (χ1) is 18.4. The van der Waals surface area contributed by atoms with Gasteiger partial charge in [0.2, 0.25) is 0 Å². The lowest BCUT2D eigenvalue weighted by molar-refractivity contribution is -0.131. The number of aryl methyl sites for hydroxylation is 2. The third-order valence-electron chi connectivity index (χ3n) is 8.79. The van der Waals surface area contributed by atoms with E-state index in [1.165, 1.54) is 21.9 Å². The highest BCUT2D eigenvalue weighted by Crippen LogP contribution is 2.43. The maximum atomic E-state index is 14.0. The average Bonchev–Trinajstić information content (AvgIpc) is 3.18. The number of rotatable bonds is 12. The first kappa shape index (κ1) is 28.0. The van der Waals surface area contributed by atoms with Crippen LogP contribution in [-0.4, -0.2) is 17.3 Å². The van der Waals surface area contributed by atoms with Crippen LogP contribution in [0, 0.1) is 11.3 Å². The normalized spacial score (nSPS) is 19.7. The number of Topliss-reactive ketones (excluding diaryl/α,β-unsaturated/α-hetero) is 3. The molecule has 38 heavy (non-hydrogen) atoms. The van der Waals surface area contributed by atoms with Gasteiger partial charge in [0, 0.05) is 37.0 Å². The van der Waals surface area contributed by atoms with Crippen molar-refractivity contribution in [3.05, 3.63) is 83.4 Å². The van der Waals surface area contributed by atoms with Crippen LogP contribution in [0.5, 0.6) is 0 Å². The monoisotopic (exact) mass is 510 g/mol. The molecule has 2 atom stereocenters. The highest BCUT2D eigenvalue weighted by molar-refractivity contribution is 5.89. The van der Waals surface area contributed by atoms with Gasteiger partial charge in [0.25, 0.3) is 0 Å². The number of carbonyl (C=O) groups excluding carboxylic acids is 3. The van der Waals surface area contributed by atoms with Gasteiger partial charge >= 0.3 is 0 Å². The number of fused-ring (bicyclic) bond motifs is 1. The van der Waals surface area contributed by atoms with E-state index in [1.54, 1.807) is 0 Å². The summed E-state index contributed by atoms with van der Waals surface area (Å²) < 4.78 is 0. The number of hydrogen-bond donors (Lipinski definition) is 0. The molecular formula is C35H42O3. The van der Waals surface area contributed by atoms with Crippen molar-refractivity contribution in [3.8, 4) is 0 Å². The molecule has 0 spiro atoms. The van der Waals surface area contributed by atoms with Gasteiger partial charge in [0.15, 0.2) is 0 Å². The summed E-state index contributed by atoms with van der Waals surface area (Å²) in [6, 6.07) is 22.9. The molecule has 3 aromatic rings. The quantitative estimate of drug-likeness (QED) is 0.232. The Kier molecular flexibility index (Phi) is 9.66. The lowest BCUT2D eigenvalue weighted by Crippen LogP contribution is -2.32.